The Labute approximate surface area is 111 Å². The van der Waals surface area contributed by atoms with E-state index in [1.807, 2.05) is 0 Å². The number of hydrogen-bond donors (Lipinski definition) is 2. The van der Waals surface area contributed by atoms with Crippen molar-refractivity contribution in [1.29, 1.82) is 0 Å². The molecule has 78 valence electrons. The van der Waals surface area contributed by atoms with E-state index in [0.29, 0.717) is 0 Å². The molecule has 0 radical (unpaired) electrons. The third-order valence-corrected chi connectivity index (χ3v) is 2.52. The van der Waals surface area contributed by atoms with Gasteiger partial charge in [0, 0.05) is 5.54 Å². The SMILES string of the molecule is CC(C)(CS(=O)(=O)[O-])NC(=O)CS.[Na+]. The van der Waals surface area contributed by atoms with Crippen molar-refractivity contribution in [2.45, 2.75) is 19.4 Å². The van der Waals surface area contributed by atoms with Crippen LogP contribution in [0.5, 0.6) is 0 Å². The molecule has 0 rings (SSSR count). The van der Waals surface area contributed by atoms with Crippen LogP contribution in [-0.2, 0) is 14.9 Å². The molecule has 0 saturated carbocycles. The van der Waals surface area contributed by atoms with Crippen LogP contribution < -0.4 is 34.9 Å². The molecule has 1 N–H and O–H groups in total. The van der Waals surface area contributed by atoms with E-state index in [-0.39, 0.29) is 35.3 Å². The van der Waals surface area contributed by atoms with Crippen LogP contribution in [0.1, 0.15) is 13.8 Å². The first-order chi connectivity index (χ1) is 5.66. The Morgan fingerprint density at radius 1 is 1.50 bits per heavy atom. The summed E-state index contributed by atoms with van der Waals surface area (Å²) < 4.78 is 31.2. The van der Waals surface area contributed by atoms with Crippen LogP contribution in [0.4, 0.5) is 0 Å². The van der Waals surface area contributed by atoms with E-state index >= 15 is 0 Å². The van der Waals surface area contributed by atoms with Crippen LogP contribution in [0.3, 0.4) is 0 Å². The zero-order chi connectivity index (χ0) is 10.7. The second-order valence-corrected chi connectivity index (χ2v) is 5.01. The van der Waals surface area contributed by atoms with Gasteiger partial charge in [-0.25, -0.2) is 8.42 Å². The zero-order valence-electron chi connectivity index (χ0n) is 8.40. The number of carbonyl (C=O) groups is 1. The second-order valence-electron chi connectivity index (χ2n) is 3.29. The zero-order valence-corrected chi connectivity index (χ0v) is 12.1. The van der Waals surface area contributed by atoms with Crippen molar-refractivity contribution in [2.24, 2.45) is 0 Å². The number of amides is 1. The molecule has 0 aromatic rings. The minimum absolute atomic E-state index is 0. The Kier molecular flexibility index (Phi) is 7.76. The smallest absolute Gasteiger partial charge is 0.748 e. The van der Waals surface area contributed by atoms with Crippen LogP contribution in [-0.4, -0.2) is 35.9 Å². The van der Waals surface area contributed by atoms with Gasteiger partial charge in [-0.05, 0) is 13.8 Å². The predicted molar refractivity (Wildman–Crippen MR) is 50.6 cm³/mol. The summed E-state index contributed by atoms with van der Waals surface area (Å²) in [5.41, 5.74) is -1.04. The summed E-state index contributed by atoms with van der Waals surface area (Å²) in [5, 5.41) is 2.37. The Balaban J connectivity index is 0. The molecule has 0 unspecified atom stereocenters. The van der Waals surface area contributed by atoms with Gasteiger partial charge in [0.15, 0.2) is 0 Å². The molecule has 0 fully saturated rings. The number of rotatable bonds is 4. The van der Waals surface area contributed by atoms with E-state index in [1.54, 1.807) is 0 Å². The summed E-state index contributed by atoms with van der Waals surface area (Å²) >= 11 is 3.70. The molecule has 8 heteroatoms. The summed E-state index contributed by atoms with van der Waals surface area (Å²) in [6, 6.07) is 0. The number of carbonyl (C=O) groups excluding carboxylic acids is 1. The van der Waals surface area contributed by atoms with E-state index in [2.05, 4.69) is 17.9 Å². The molecule has 0 aliphatic rings. The van der Waals surface area contributed by atoms with Crippen molar-refractivity contribution in [2.75, 3.05) is 11.5 Å². The Hall–Kier alpha value is 0.730. The molecule has 0 heterocycles. The van der Waals surface area contributed by atoms with Gasteiger partial charge in [0.25, 0.3) is 0 Å². The van der Waals surface area contributed by atoms with Crippen molar-refractivity contribution in [3.05, 3.63) is 0 Å². The van der Waals surface area contributed by atoms with Crippen LogP contribution in [0.25, 0.3) is 0 Å². The van der Waals surface area contributed by atoms with E-state index in [1.165, 1.54) is 13.8 Å². The van der Waals surface area contributed by atoms with Crippen molar-refractivity contribution >= 4 is 28.7 Å². The van der Waals surface area contributed by atoms with Gasteiger partial charge >= 0.3 is 29.6 Å². The molecule has 0 aromatic heterocycles. The summed E-state index contributed by atoms with van der Waals surface area (Å²) in [6.45, 7) is 2.92. The fraction of sp³-hybridized carbons (Fsp3) is 0.833. The molecule has 0 aromatic carbocycles. The van der Waals surface area contributed by atoms with Gasteiger partial charge in [0.05, 0.1) is 21.6 Å². The summed E-state index contributed by atoms with van der Waals surface area (Å²) in [7, 11) is -4.33. The van der Waals surface area contributed by atoms with Gasteiger partial charge in [0.1, 0.15) is 0 Å². The average Bonchev–Trinajstić information content (AvgIpc) is 1.80. The molecule has 0 aliphatic heterocycles. The van der Waals surface area contributed by atoms with E-state index in [9.17, 15) is 17.8 Å². The fourth-order valence-electron chi connectivity index (χ4n) is 0.895. The van der Waals surface area contributed by atoms with E-state index in [0.717, 1.165) is 0 Å². The van der Waals surface area contributed by atoms with Crippen LogP contribution in [0.15, 0.2) is 0 Å². The topological polar surface area (TPSA) is 86.3 Å². The van der Waals surface area contributed by atoms with Gasteiger partial charge < -0.3 is 9.87 Å². The minimum atomic E-state index is -4.33. The summed E-state index contributed by atoms with van der Waals surface area (Å²) in [6.07, 6.45) is 0. The Morgan fingerprint density at radius 3 is 2.21 bits per heavy atom. The molecule has 0 bridgehead atoms. The second kappa shape index (κ2) is 6.34. The fourth-order valence-corrected chi connectivity index (χ4v) is 1.93. The average molecular weight is 249 g/mol. The number of thiol groups is 1. The normalized spacial score (nSPS) is 11.7. The molecule has 0 saturated heterocycles. The molecule has 5 nitrogen and oxygen atoms in total. The summed E-state index contributed by atoms with van der Waals surface area (Å²) in [4.78, 5) is 10.8. The van der Waals surface area contributed by atoms with Crippen molar-refractivity contribution in [1.82, 2.24) is 5.32 Å². The van der Waals surface area contributed by atoms with Gasteiger partial charge in [-0.1, -0.05) is 0 Å². The maximum Gasteiger partial charge on any atom is 1.00 e. The molecular formula is C6H12NNaO4S2. The molecule has 0 spiro atoms. The van der Waals surface area contributed by atoms with Gasteiger partial charge in [-0.15, -0.1) is 0 Å². The Morgan fingerprint density at radius 2 is 1.93 bits per heavy atom. The van der Waals surface area contributed by atoms with Crippen LogP contribution >= 0.6 is 12.6 Å². The van der Waals surface area contributed by atoms with Gasteiger partial charge in [0.2, 0.25) is 5.91 Å². The maximum atomic E-state index is 10.8. The van der Waals surface area contributed by atoms with E-state index in [4.69, 9.17) is 0 Å². The van der Waals surface area contributed by atoms with E-state index < -0.39 is 27.3 Å². The van der Waals surface area contributed by atoms with Crippen molar-refractivity contribution < 1.29 is 47.3 Å². The maximum absolute atomic E-state index is 10.8. The predicted octanol–water partition coefficient (Wildman–Crippen LogP) is -3.64. The third-order valence-electron chi connectivity index (χ3n) is 1.16. The first kappa shape index (κ1) is 17.1. The third kappa shape index (κ3) is 9.29. The molecular weight excluding hydrogens is 237 g/mol. The van der Waals surface area contributed by atoms with Crippen LogP contribution in [0.2, 0.25) is 0 Å². The first-order valence-corrected chi connectivity index (χ1v) is 5.73. The minimum Gasteiger partial charge on any atom is -0.748 e. The molecule has 14 heavy (non-hydrogen) atoms. The standard InChI is InChI=1S/C6H13NO4S2.Na/c1-6(2,4-13(9,10)11)7-5(8)3-12;/h12H,3-4H2,1-2H3,(H,7,8)(H,9,10,11);/q;+1/p-1. The Bertz CT molecular complexity index is 288. The largest absolute Gasteiger partial charge is 1.00 e. The van der Waals surface area contributed by atoms with Gasteiger partial charge in [-0.2, -0.15) is 12.6 Å². The summed E-state index contributed by atoms with van der Waals surface area (Å²) in [5.74, 6) is -1.07. The monoisotopic (exact) mass is 249 g/mol. The van der Waals surface area contributed by atoms with Gasteiger partial charge in [-0.3, -0.25) is 4.79 Å². The molecule has 0 atom stereocenters. The van der Waals surface area contributed by atoms with Crippen molar-refractivity contribution in [3.8, 4) is 0 Å². The first-order valence-electron chi connectivity index (χ1n) is 3.52. The van der Waals surface area contributed by atoms with Crippen LogP contribution in [0, 0.1) is 0 Å². The molecule has 1 amide bonds. The molecule has 0 aliphatic carbocycles. The quantitative estimate of drug-likeness (QED) is 0.306. The number of hydrogen-bond acceptors (Lipinski definition) is 5. The van der Waals surface area contributed by atoms with Crippen molar-refractivity contribution in [3.63, 3.8) is 0 Å². The number of nitrogens with one attached hydrogen (secondary N) is 1.